The Balaban J connectivity index is 2.23. The van der Waals surface area contributed by atoms with E-state index in [1.807, 2.05) is 0 Å². The Labute approximate surface area is 129 Å². The molecule has 0 aliphatic carbocycles. The van der Waals surface area contributed by atoms with Crippen LogP contribution in [0.2, 0.25) is 0 Å². The van der Waals surface area contributed by atoms with Crippen molar-refractivity contribution in [3.8, 4) is 0 Å². The van der Waals surface area contributed by atoms with E-state index in [4.69, 9.17) is 15.2 Å². The van der Waals surface area contributed by atoms with Gasteiger partial charge in [-0.15, -0.1) is 0 Å². The lowest BCUT2D eigenvalue weighted by molar-refractivity contribution is -0.149. The zero-order valence-corrected chi connectivity index (χ0v) is 14.1. The van der Waals surface area contributed by atoms with E-state index in [1.54, 1.807) is 21.0 Å². The van der Waals surface area contributed by atoms with Gasteiger partial charge < -0.3 is 20.1 Å². The van der Waals surface area contributed by atoms with Gasteiger partial charge in [0.1, 0.15) is 5.54 Å². The summed E-state index contributed by atoms with van der Waals surface area (Å²) in [4.78, 5) is 14.2. The molecule has 0 spiro atoms. The van der Waals surface area contributed by atoms with Crippen LogP contribution in [0, 0.1) is 5.92 Å². The second-order valence-electron chi connectivity index (χ2n) is 6.44. The molecule has 124 valence electrons. The van der Waals surface area contributed by atoms with Crippen LogP contribution in [0.25, 0.3) is 0 Å². The molecular weight excluding hydrogens is 268 g/mol. The molecule has 0 amide bonds. The van der Waals surface area contributed by atoms with Gasteiger partial charge in [-0.25, -0.2) is 0 Å². The lowest BCUT2D eigenvalue weighted by Crippen LogP contribution is -2.46. The van der Waals surface area contributed by atoms with Crippen LogP contribution in [0.3, 0.4) is 0 Å². The molecule has 1 saturated heterocycles. The SMILES string of the molecule is CCOC(=O)C(C)(N)CCCCN1CCC(C)C(OC)C1. The quantitative estimate of drug-likeness (QED) is 0.547. The summed E-state index contributed by atoms with van der Waals surface area (Å²) < 4.78 is 10.5. The molecule has 3 atom stereocenters. The zero-order chi connectivity index (χ0) is 15.9. The lowest BCUT2D eigenvalue weighted by Gasteiger charge is -2.36. The third-order valence-corrected chi connectivity index (χ3v) is 4.44. The minimum atomic E-state index is -0.860. The molecule has 5 nitrogen and oxygen atoms in total. The molecule has 0 aromatic heterocycles. The van der Waals surface area contributed by atoms with Gasteiger partial charge in [0, 0.05) is 13.7 Å². The fourth-order valence-corrected chi connectivity index (χ4v) is 2.83. The minimum absolute atomic E-state index is 0.295. The maximum atomic E-state index is 11.7. The van der Waals surface area contributed by atoms with Crippen LogP contribution in [-0.2, 0) is 14.3 Å². The van der Waals surface area contributed by atoms with Crippen LogP contribution in [0.15, 0.2) is 0 Å². The van der Waals surface area contributed by atoms with E-state index in [-0.39, 0.29) is 5.97 Å². The number of carbonyl (C=O) groups is 1. The number of rotatable bonds is 8. The van der Waals surface area contributed by atoms with Gasteiger partial charge in [-0.05, 0) is 58.5 Å². The third kappa shape index (κ3) is 5.93. The number of esters is 1. The number of piperidine rings is 1. The van der Waals surface area contributed by atoms with Gasteiger partial charge in [0.25, 0.3) is 0 Å². The second-order valence-corrected chi connectivity index (χ2v) is 6.44. The first-order valence-corrected chi connectivity index (χ1v) is 8.12. The Bertz CT molecular complexity index is 321. The Hall–Kier alpha value is -0.650. The number of nitrogens with zero attached hydrogens (tertiary/aromatic N) is 1. The van der Waals surface area contributed by atoms with E-state index < -0.39 is 5.54 Å². The first kappa shape index (κ1) is 18.4. The highest BCUT2D eigenvalue weighted by Gasteiger charge is 2.29. The molecule has 1 aliphatic rings. The van der Waals surface area contributed by atoms with E-state index in [9.17, 15) is 4.79 Å². The van der Waals surface area contributed by atoms with E-state index in [2.05, 4.69) is 11.8 Å². The third-order valence-electron chi connectivity index (χ3n) is 4.44. The van der Waals surface area contributed by atoms with Crippen molar-refractivity contribution < 1.29 is 14.3 Å². The molecule has 0 radical (unpaired) electrons. The number of unbranched alkanes of at least 4 members (excludes halogenated alkanes) is 1. The monoisotopic (exact) mass is 300 g/mol. The first-order chi connectivity index (χ1) is 9.90. The van der Waals surface area contributed by atoms with Crippen molar-refractivity contribution in [3.05, 3.63) is 0 Å². The summed E-state index contributed by atoms with van der Waals surface area (Å²) in [5.41, 5.74) is 5.16. The minimum Gasteiger partial charge on any atom is -0.465 e. The summed E-state index contributed by atoms with van der Waals surface area (Å²) in [5, 5.41) is 0. The van der Waals surface area contributed by atoms with Crippen molar-refractivity contribution in [2.75, 3.05) is 33.4 Å². The number of nitrogens with two attached hydrogens (primary N) is 1. The van der Waals surface area contributed by atoms with Crippen molar-refractivity contribution in [2.45, 2.75) is 58.1 Å². The molecule has 5 heteroatoms. The van der Waals surface area contributed by atoms with Crippen LogP contribution in [-0.4, -0.2) is 55.9 Å². The second kappa shape index (κ2) is 8.71. The first-order valence-electron chi connectivity index (χ1n) is 8.12. The van der Waals surface area contributed by atoms with Gasteiger partial charge in [-0.3, -0.25) is 4.79 Å². The summed E-state index contributed by atoms with van der Waals surface area (Å²) in [6.07, 6.45) is 4.20. The number of hydrogen-bond acceptors (Lipinski definition) is 5. The summed E-state index contributed by atoms with van der Waals surface area (Å²) in [5.74, 6) is 0.346. The number of likely N-dealkylation sites (tertiary alicyclic amines) is 1. The maximum absolute atomic E-state index is 11.7. The van der Waals surface area contributed by atoms with Gasteiger partial charge in [-0.2, -0.15) is 0 Å². The molecule has 0 aromatic carbocycles. The van der Waals surface area contributed by atoms with Crippen LogP contribution in [0.5, 0.6) is 0 Å². The highest BCUT2D eigenvalue weighted by atomic mass is 16.5. The Kier molecular flexibility index (Phi) is 7.63. The molecule has 0 aromatic rings. The van der Waals surface area contributed by atoms with Crippen LogP contribution >= 0.6 is 0 Å². The average Bonchev–Trinajstić information content (AvgIpc) is 2.45. The lowest BCUT2D eigenvalue weighted by atomic mass is 9.94. The van der Waals surface area contributed by atoms with Gasteiger partial charge in [0.2, 0.25) is 0 Å². The maximum Gasteiger partial charge on any atom is 0.325 e. The molecule has 1 aliphatic heterocycles. The predicted octanol–water partition coefficient (Wildman–Crippen LogP) is 1.79. The normalized spacial score (nSPS) is 26.3. The van der Waals surface area contributed by atoms with E-state index in [1.165, 1.54) is 6.42 Å². The molecule has 0 saturated carbocycles. The van der Waals surface area contributed by atoms with Crippen molar-refractivity contribution in [2.24, 2.45) is 11.7 Å². The Morgan fingerprint density at radius 2 is 2.14 bits per heavy atom. The van der Waals surface area contributed by atoms with Crippen LogP contribution in [0.4, 0.5) is 0 Å². The number of methoxy groups -OCH3 is 1. The number of ether oxygens (including phenoxy) is 2. The topological polar surface area (TPSA) is 64.8 Å². The van der Waals surface area contributed by atoms with E-state index in [0.29, 0.717) is 25.0 Å². The smallest absolute Gasteiger partial charge is 0.325 e. The Morgan fingerprint density at radius 3 is 2.76 bits per heavy atom. The van der Waals surface area contributed by atoms with Crippen LogP contribution in [0.1, 0.15) is 46.5 Å². The predicted molar refractivity (Wildman–Crippen MR) is 84.1 cm³/mol. The molecule has 0 bridgehead atoms. The molecule has 1 fully saturated rings. The standard InChI is InChI=1S/C16H32N2O3/c1-5-21-15(19)16(3,17)9-6-7-10-18-11-8-13(2)14(12-18)20-4/h13-14H,5-12,17H2,1-4H3. The van der Waals surface area contributed by atoms with Crippen LogP contribution < -0.4 is 5.73 Å². The van der Waals surface area contributed by atoms with Gasteiger partial charge in [0.15, 0.2) is 0 Å². The number of hydrogen-bond donors (Lipinski definition) is 1. The van der Waals surface area contributed by atoms with Crippen molar-refractivity contribution in [3.63, 3.8) is 0 Å². The molecule has 21 heavy (non-hydrogen) atoms. The summed E-state index contributed by atoms with van der Waals surface area (Å²) in [7, 11) is 1.80. The Morgan fingerprint density at radius 1 is 1.43 bits per heavy atom. The molecular formula is C16H32N2O3. The summed E-state index contributed by atoms with van der Waals surface area (Å²) in [6, 6.07) is 0. The van der Waals surface area contributed by atoms with Crippen molar-refractivity contribution >= 4 is 5.97 Å². The largest absolute Gasteiger partial charge is 0.465 e. The summed E-state index contributed by atoms with van der Waals surface area (Å²) >= 11 is 0. The molecule has 2 N–H and O–H groups in total. The number of carbonyl (C=O) groups excluding carboxylic acids is 1. The highest BCUT2D eigenvalue weighted by molar-refractivity contribution is 5.79. The fraction of sp³-hybridized carbons (Fsp3) is 0.938. The van der Waals surface area contributed by atoms with Gasteiger partial charge >= 0.3 is 5.97 Å². The van der Waals surface area contributed by atoms with Gasteiger partial charge in [-0.1, -0.05) is 6.92 Å². The van der Waals surface area contributed by atoms with Crippen molar-refractivity contribution in [1.29, 1.82) is 0 Å². The zero-order valence-electron chi connectivity index (χ0n) is 14.1. The molecule has 1 heterocycles. The molecule has 3 unspecified atom stereocenters. The highest BCUT2D eigenvalue weighted by Crippen LogP contribution is 2.20. The van der Waals surface area contributed by atoms with Crippen molar-refractivity contribution in [1.82, 2.24) is 4.90 Å². The van der Waals surface area contributed by atoms with Gasteiger partial charge in [0.05, 0.1) is 12.7 Å². The fourth-order valence-electron chi connectivity index (χ4n) is 2.83. The molecule has 1 rings (SSSR count). The summed E-state index contributed by atoms with van der Waals surface area (Å²) in [6.45, 7) is 9.40. The van der Waals surface area contributed by atoms with E-state index in [0.717, 1.165) is 32.5 Å². The average molecular weight is 300 g/mol. The van der Waals surface area contributed by atoms with E-state index >= 15 is 0 Å².